The Morgan fingerprint density at radius 1 is 1.44 bits per heavy atom. The second-order valence-electron chi connectivity index (χ2n) is 4.41. The van der Waals surface area contributed by atoms with Crippen molar-refractivity contribution in [1.29, 1.82) is 0 Å². The normalized spacial score (nSPS) is 21.8. The molecule has 2 heterocycles. The topological polar surface area (TPSA) is 55.0 Å². The summed E-state index contributed by atoms with van der Waals surface area (Å²) in [6.45, 7) is 3.31. The average molecular weight is 220 g/mol. The highest BCUT2D eigenvalue weighted by molar-refractivity contribution is 5.61. The van der Waals surface area contributed by atoms with Crippen LogP contribution in [0.1, 0.15) is 39.0 Å². The molecule has 0 radical (unpaired) electrons. The summed E-state index contributed by atoms with van der Waals surface area (Å²) in [6.07, 6.45) is 9.56. The van der Waals surface area contributed by atoms with Crippen LogP contribution in [0, 0.1) is 0 Å². The van der Waals surface area contributed by atoms with Gasteiger partial charge in [0.25, 0.3) is 0 Å². The van der Waals surface area contributed by atoms with E-state index in [1.807, 2.05) is 0 Å². The molecule has 2 N–H and O–H groups in total. The lowest BCUT2D eigenvalue weighted by atomic mass is 10.1. The first-order valence-corrected chi connectivity index (χ1v) is 6.15. The van der Waals surface area contributed by atoms with Gasteiger partial charge in [-0.1, -0.05) is 19.8 Å². The minimum atomic E-state index is 0.583. The second-order valence-corrected chi connectivity index (χ2v) is 4.41. The molecule has 1 saturated heterocycles. The largest absolute Gasteiger partial charge is 0.394 e. The predicted molar refractivity (Wildman–Crippen MR) is 66.3 cm³/mol. The van der Waals surface area contributed by atoms with Crippen molar-refractivity contribution in [2.75, 3.05) is 17.2 Å². The standard InChI is InChI=1S/C12H20N4/c1-2-10-6-4-3-5-7-16(10)12-11(13)8-14-9-15-12/h8-10H,2-7,13H2,1H3. The van der Waals surface area contributed by atoms with Crippen LogP contribution < -0.4 is 10.6 Å². The van der Waals surface area contributed by atoms with E-state index in [9.17, 15) is 0 Å². The Morgan fingerprint density at radius 2 is 2.31 bits per heavy atom. The minimum absolute atomic E-state index is 0.583. The van der Waals surface area contributed by atoms with E-state index in [4.69, 9.17) is 5.73 Å². The summed E-state index contributed by atoms with van der Waals surface area (Å²) in [5.74, 6) is 0.920. The van der Waals surface area contributed by atoms with Gasteiger partial charge in [-0.3, -0.25) is 0 Å². The van der Waals surface area contributed by atoms with Gasteiger partial charge in [-0.25, -0.2) is 9.97 Å². The van der Waals surface area contributed by atoms with Gasteiger partial charge in [0.05, 0.1) is 11.9 Å². The Bertz CT molecular complexity index is 340. The van der Waals surface area contributed by atoms with Gasteiger partial charge in [-0.2, -0.15) is 0 Å². The van der Waals surface area contributed by atoms with E-state index >= 15 is 0 Å². The highest BCUT2D eigenvalue weighted by atomic mass is 15.2. The van der Waals surface area contributed by atoms with E-state index in [1.165, 1.54) is 25.7 Å². The smallest absolute Gasteiger partial charge is 0.155 e. The number of hydrogen-bond donors (Lipinski definition) is 1. The van der Waals surface area contributed by atoms with Crippen molar-refractivity contribution >= 4 is 11.5 Å². The van der Waals surface area contributed by atoms with Crippen molar-refractivity contribution in [1.82, 2.24) is 9.97 Å². The fourth-order valence-corrected chi connectivity index (χ4v) is 2.45. The Labute approximate surface area is 96.9 Å². The zero-order valence-electron chi connectivity index (χ0n) is 9.89. The van der Waals surface area contributed by atoms with Gasteiger partial charge in [0.1, 0.15) is 6.33 Å². The summed E-state index contributed by atoms with van der Waals surface area (Å²) in [4.78, 5) is 10.6. The van der Waals surface area contributed by atoms with Gasteiger partial charge < -0.3 is 10.6 Å². The first-order valence-electron chi connectivity index (χ1n) is 6.15. The SMILES string of the molecule is CCC1CCCCCN1c1ncncc1N. The van der Waals surface area contributed by atoms with Crippen LogP contribution in [-0.2, 0) is 0 Å². The van der Waals surface area contributed by atoms with E-state index in [1.54, 1.807) is 12.5 Å². The van der Waals surface area contributed by atoms with Crippen molar-refractivity contribution in [3.05, 3.63) is 12.5 Å². The van der Waals surface area contributed by atoms with E-state index < -0.39 is 0 Å². The van der Waals surface area contributed by atoms with Crippen molar-refractivity contribution in [3.8, 4) is 0 Å². The summed E-state index contributed by atoms with van der Waals surface area (Å²) < 4.78 is 0. The molecule has 1 unspecified atom stereocenters. The molecule has 1 fully saturated rings. The average Bonchev–Trinajstić information content (AvgIpc) is 2.54. The fraction of sp³-hybridized carbons (Fsp3) is 0.667. The van der Waals surface area contributed by atoms with Crippen LogP contribution in [0.15, 0.2) is 12.5 Å². The summed E-state index contributed by atoms with van der Waals surface area (Å²) in [7, 11) is 0. The van der Waals surface area contributed by atoms with Gasteiger partial charge in [0.15, 0.2) is 5.82 Å². The highest BCUT2D eigenvalue weighted by Gasteiger charge is 2.22. The van der Waals surface area contributed by atoms with Crippen molar-refractivity contribution in [2.45, 2.75) is 45.1 Å². The lowest BCUT2D eigenvalue weighted by Gasteiger charge is -2.30. The molecule has 16 heavy (non-hydrogen) atoms. The molecule has 0 aromatic carbocycles. The van der Waals surface area contributed by atoms with Gasteiger partial charge in [-0.15, -0.1) is 0 Å². The van der Waals surface area contributed by atoms with Crippen molar-refractivity contribution in [2.24, 2.45) is 0 Å². The van der Waals surface area contributed by atoms with Crippen LogP contribution in [0.2, 0.25) is 0 Å². The third kappa shape index (κ3) is 2.26. The maximum absolute atomic E-state index is 5.95. The molecule has 0 amide bonds. The number of nitrogen functional groups attached to an aromatic ring is 1. The number of hydrogen-bond acceptors (Lipinski definition) is 4. The summed E-state index contributed by atoms with van der Waals surface area (Å²) >= 11 is 0. The Morgan fingerprint density at radius 3 is 3.06 bits per heavy atom. The number of aromatic nitrogens is 2. The maximum Gasteiger partial charge on any atom is 0.155 e. The number of nitrogens with zero attached hydrogens (tertiary/aromatic N) is 3. The molecule has 0 spiro atoms. The van der Waals surface area contributed by atoms with E-state index in [2.05, 4.69) is 21.8 Å². The van der Waals surface area contributed by atoms with E-state index in [-0.39, 0.29) is 0 Å². The number of nitrogens with two attached hydrogens (primary N) is 1. The Hall–Kier alpha value is -1.32. The molecule has 1 atom stereocenters. The highest BCUT2D eigenvalue weighted by Crippen LogP contribution is 2.27. The molecule has 4 heteroatoms. The summed E-state index contributed by atoms with van der Waals surface area (Å²) in [6, 6.07) is 0.583. The third-order valence-corrected chi connectivity index (χ3v) is 3.34. The molecule has 2 rings (SSSR count). The number of anilines is 2. The summed E-state index contributed by atoms with van der Waals surface area (Å²) in [5, 5.41) is 0. The second kappa shape index (κ2) is 5.14. The zero-order valence-corrected chi connectivity index (χ0v) is 9.89. The molecule has 88 valence electrons. The van der Waals surface area contributed by atoms with Crippen LogP contribution in [0.25, 0.3) is 0 Å². The van der Waals surface area contributed by atoms with Gasteiger partial charge in [0, 0.05) is 12.6 Å². The van der Waals surface area contributed by atoms with Crippen LogP contribution in [0.3, 0.4) is 0 Å². The third-order valence-electron chi connectivity index (χ3n) is 3.34. The molecular weight excluding hydrogens is 200 g/mol. The van der Waals surface area contributed by atoms with E-state index in [0.29, 0.717) is 11.7 Å². The Balaban J connectivity index is 2.25. The molecular formula is C12H20N4. The van der Waals surface area contributed by atoms with Gasteiger partial charge in [-0.05, 0) is 19.3 Å². The lowest BCUT2D eigenvalue weighted by molar-refractivity contribution is 0.552. The van der Waals surface area contributed by atoms with Crippen LogP contribution in [-0.4, -0.2) is 22.6 Å². The fourth-order valence-electron chi connectivity index (χ4n) is 2.45. The molecule has 0 bridgehead atoms. The van der Waals surface area contributed by atoms with Crippen molar-refractivity contribution in [3.63, 3.8) is 0 Å². The van der Waals surface area contributed by atoms with Crippen LogP contribution in [0.5, 0.6) is 0 Å². The zero-order chi connectivity index (χ0) is 11.4. The predicted octanol–water partition coefficient (Wildman–Crippen LogP) is 2.22. The molecule has 0 aliphatic carbocycles. The van der Waals surface area contributed by atoms with Gasteiger partial charge in [0.2, 0.25) is 0 Å². The number of rotatable bonds is 2. The monoisotopic (exact) mass is 220 g/mol. The first kappa shape index (κ1) is 11.2. The van der Waals surface area contributed by atoms with Gasteiger partial charge >= 0.3 is 0 Å². The van der Waals surface area contributed by atoms with Crippen molar-refractivity contribution < 1.29 is 0 Å². The van der Waals surface area contributed by atoms with E-state index in [0.717, 1.165) is 18.8 Å². The lowest BCUT2D eigenvalue weighted by Crippen LogP contribution is -2.35. The summed E-state index contributed by atoms with van der Waals surface area (Å²) in [5.41, 5.74) is 6.65. The molecule has 1 aromatic heterocycles. The minimum Gasteiger partial charge on any atom is -0.394 e. The molecule has 1 aromatic rings. The molecule has 0 saturated carbocycles. The van der Waals surface area contributed by atoms with Crippen LogP contribution in [0.4, 0.5) is 11.5 Å². The molecule has 1 aliphatic rings. The molecule has 1 aliphatic heterocycles. The Kier molecular flexibility index (Phi) is 3.59. The van der Waals surface area contributed by atoms with Crippen LogP contribution >= 0.6 is 0 Å². The maximum atomic E-state index is 5.95. The first-order chi connectivity index (χ1) is 7.83. The quantitative estimate of drug-likeness (QED) is 0.830. The molecule has 4 nitrogen and oxygen atoms in total.